The number of nitrogens with two attached hydrogens (primary N) is 1. The van der Waals surface area contributed by atoms with Gasteiger partial charge in [-0.05, 0) is 30.8 Å². The molecule has 1 unspecified atom stereocenters. The molecule has 0 aliphatic carbocycles. The first kappa shape index (κ1) is 12.4. The third kappa shape index (κ3) is 3.50. The highest BCUT2D eigenvalue weighted by molar-refractivity contribution is 5.89. The Balaban J connectivity index is 2.60. The third-order valence-corrected chi connectivity index (χ3v) is 1.87. The largest absolute Gasteiger partial charge is 0.508 e. The summed E-state index contributed by atoms with van der Waals surface area (Å²) in [5.41, 5.74) is 2.65. The molecule has 1 rings (SSSR count). The van der Waals surface area contributed by atoms with Gasteiger partial charge in [-0.3, -0.25) is 11.2 Å². The highest BCUT2D eigenvalue weighted by atomic mass is 16.6. The molecule has 5 N–H and O–H groups in total. The summed E-state index contributed by atoms with van der Waals surface area (Å²) in [6.07, 6.45) is -0.730. The van der Waals surface area contributed by atoms with Crippen molar-refractivity contribution in [3.63, 3.8) is 0 Å². The molecular weight excluding hydrogens is 210 g/mol. The molecule has 0 saturated heterocycles. The van der Waals surface area contributed by atoms with E-state index in [2.05, 4.69) is 10.7 Å². The number of esters is 1. The van der Waals surface area contributed by atoms with E-state index in [9.17, 15) is 4.79 Å². The minimum Gasteiger partial charge on any atom is -0.508 e. The number of carbonyl (C=O) groups is 1. The van der Waals surface area contributed by atoms with Crippen LogP contribution in [0.4, 0.5) is 0 Å². The molecule has 0 saturated carbocycles. The van der Waals surface area contributed by atoms with Gasteiger partial charge in [0, 0.05) is 0 Å². The smallest absolute Gasteiger partial charge is 0.340 e. The van der Waals surface area contributed by atoms with E-state index in [1.807, 2.05) is 6.92 Å². The topological polar surface area (TPSA) is 96.6 Å². The summed E-state index contributed by atoms with van der Waals surface area (Å²) in [6, 6.07) is 5.76. The van der Waals surface area contributed by atoms with Gasteiger partial charge in [0.25, 0.3) is 0 Å². The molecule has 16 heavy (non-hydrogen) atoms. The van der Waals surface area contributed by atoms with Gasteiger partial charge < -0.3 is 9.84 Å². The Hall–Kier alpha value is -1.63. The van der Waals surface area contributed by atoms with Crippen molar-refractivity contribution in [1.82, 2.24) is 10.7 Å². The maximum Gasteiger partial charge on any atom is 0.340 e. The van der Waals surface area contributed by atoms with Gasteiger partial charge in [-0.15, -0.1) is 0 Å². The van der Waals surface area contributed by atoms with Gasteiger partial charge in [-0.1, -0.05) is 6.92 Å². The van der Waals surface area contributed by atoms with Crippen molar-refractivity contribution < 1.29 is 14.6 Å². The van der Waals surface area contributed by atoms with Crippen LogP contribution in [0.15, 0.2) is 24.3 Å². The van der Waals surface area contributed by atoms with Crippen LogP contribution >= 0.6 is 0 Å². The van der Waals surface area contributed by atoms with Crippen molar-refractivity contribution in [1.29, 1.82) is 0 Å². The zero-order valence-corrected chi connectivity index (χ0v) is 8.93. The van der Waals surface area contributed by atoms with Gasteiger partial charge in [0.2, 0.25) is 6.35 Å². The molecule has 0 fully saturated rings. The highest BCUT2D eigenvalue weighted by Crippen LogP contribution is 2.10. The number of phenolic OH excluding ortho intramolecular Hbond substituents is 1. The molecule has 0 bridgehead atoms. The van der Waals surface area contributed by atoms with E-state index < -0.39 is 12.3 Å². The Bertz CT molecular complexity index is 340. The van der Waals surface area contributed by atoms with Crippen molar-refractivity contribution in [3.05, 3.63) is 29.8 Å². The number of hydrazine groups is 1. The highest BCUT2D eigenvalue weighted by Gasteiger charge is 2.12. The molecule has 6 nitrogen and oxygen atoms in total. The minimum absolute atomic E-state index is 0.0942. The van der Waals surface area contributed by atoms with E-state index in [4.69, 9.17) is 15.7 Å². The third-order valence-electron chi connectivity index (χ3n) is 1.87. The lowest BCUT2D eigenvalue weighted by atomic mass is 10.2. The number of carbonyl (C=O) groups excluding carboxylic acids is 1. The number of ether oxygens (including phenoxy) is 1. The van der Waals surface area contributed by atoms with Crippen LogP contribution < -0.4 is 16.6 Å². The van der Waals surface area contributed by atoms with E-state index in [-0.39, 0.29) is 5.75 Å². The first-order chi connectivity index (χ1) is 7.67. The van der Waals surface area contributed by atoms with Crippen LogP contribution in [0.1, 0.15) is 17.3 Å². The summed E-state index contributed by atoms with van der Waals surface area (Å²) < 4.78 is 5.00. The molecular formula is C10H15N3O3. The van der Waals surface area contributed by atoms with Crippen LogP contribution in [-0.4, -0.2) is 24.0 Å². The predicted octanol–water partition coefficient (Wildman–Crippen LogP) is -0.0946. The van der Waals surface area contributed by atoms with Gasteiger partial charge >= 0.3 is 5.97 Å². The lowest BCUT2D eigenvalue weighted by molar-refractivity contribution is 0.0116. The van der Waals surface area contributed by atoms with Gasteiger partial charge in [0.15, 0.2) is 0 Å². The summed E-state index contributed by atoms with van der Waals surface area (Å²) >= 11 is 0. The van der Waals surface area contributed by atoms with Crippen molar-refractivity contribution in [3.8, 4) is 5.75 Å². The molecule has 0 aliphatic heterocycles. The van der Waals surface area contributed by atoms with E-state index in [0.29, 0.717) is 12.1 Å². The van der Waals surface area contributed by atoms with Gasteiger partial charge in [-0.2, -0.15) is 0 Å². The van der Waals surface area contributed by atoms with Crippen molar-refractivity contribution in [2.75, 3.05) is 6.54 Å². The summed E-state index contributed by atoms with van der Waals surface area (Å²) in [4.78, 5) is 11.6. The average molecular weight is 225 g/mol. The first-order valence-electron chi connectivity index (χ1n) is 4.87. The van der Waals surface area contributed by atoms with E-state index in [1.54, 1.807) is 0 Å². The van der Waals surface area contributed by atoms with Crippen LogP contribution in [0.2, 0.25) is 0 Å². The lowest BCUT2D eigenvalue weighted by Gasteiger charge is -2.16. The van der Waals surface area contributed by atoms with E-state index >= 15 is 0 Å². The monoisotopic (exact) mass is 225 g/mol. The van der Waals surface area contributed by atoms with Crippen molar-refractivity contribution in [2.24, 2.45) is 5.84 Å². The number of nitrogens with one attached hydrogen (secondary N) is 2. The molecule has 0 radical (unpaired) electrons. The van der Waals surface area contributed by atoms with E-state index in [0.717, 1.165) is 0 Å². The average Bonchev–Trinajstić information content (AvgIpc) is 2.29. The fourth-order valence-electron chi connectivity index (χ4n) is 1.09. The fraction of sp³-hybridized carbons (Fsp3) is 0.300. The summed E-state index contributed by atoms with van der Waals surface area (Å²) in [7, 11) is 0. The fourth-order valence-corrected chi connectivity index (χ4v) is 1.09. The molecule has 0 heterocycles. The standard InChI is InChI=1S/C10H15N3O3/c1-2-12-10(13-11)16-9(15)7-3-5-8(14)6-4-7/h3-6,10,12-14H,2,11H2,1H3. The Morgan fingerprint density at radius 3 is 2.62 bits per heavy atom. The molecule has 6 heteroatoms. The molecule has 1 aromatic rings. The Morgan fingerprint density at radius 1 is 1.50 bits per heavy atom. The van der Waals surface area contributed by atoms with Crippen molar-refractivity contribution in [2.45, 2.75) is 13.3 Å². The maximum atomic E-state index is 11.6. The van der Waals surface area contributed by atoms with E-state index in [1.165, 1.54) is 24.3 Å². The molecule has 0 aromatic heterocycles. The Morgan fingerprint density at radius 2 is 2.12 bits per heavy atom. The lowest BCUT2D eigenvalue weighted by Crippen LogP contribution is -2.48. The molecule has 1 atom stereocenters. The zero-order valence-electron chi connectivity index (χ0n) is 8.93. The second-order valence-electron chi connectivity index (χ2n) is 3.06. The van der Waals surface area contributed by atoms with Crippen LogP contribution in [0, 0.1) is 0 Å². The number of aromatic hydroxyl groups is 1. The maximum absolute atomic E-state index is 11.6. The van der Waals surface area contributed by atoms with Gasteiger partial charge in [0.1, 0.15) is 5.75 Å². The van der Waals surface area contributed by atoms with Crippen LogP contribution in [0.5, 0.6) is 5.75 Å². The van der Waals surface area contributed by atoms with Crippen molar-refractivity contribution >= 4 is 5.97 Å². The van der Waals surface area contributed by atoms with Gasteiger partial charge in [0.05, 0.1) is 5.56 Å². The molecule has 0 amide bonds. The second-order valence-corrected chi connectivity index (χ2v) is 3.06. The number of hydrogen-bond donors (Lipinski definition) is 4. The number of hydrogen-bond acceptors (Lipinski definition) is 6. The van der Waals surface area contributed by atoms with Gasteiger partial charge in [-0.25, -0.2) is 10.2 Å². The first-order valence-corrected chi connectivity index (χ1v) is 4.87. The summed E-state index contributed by atoms with van der Waals surface area (Å²) in [6.45, 7) is 2.47. The number of rotatable bonds is 5. The Labute approximate surface area is 93.4 Å². The Kier molecular flexibility index (Phi) is 4.71. The van der Waals surface area contributed by atoms with Crippen LogP contribution in [0.25, 0.3) is 0 Å². The van der Waals surface area contributed by atoms with Crippen LogP contribution in [0.3, 0.4) is 0 Å². The second kappa shape index (κ2) is 6.06. The van der Waals surface area contributed by atoms with Crippen LogP contribution in [-0.2, 0) is 4.74 Å². The molecule has 0 aliphatic rings. The quantitative estimate of drug-likeness (QED) is 0.242. The number of benzene rings is 1. The molecule has 1 aromatic carbocycles. The predicted molar refractivity (Wildman–Crippen MR) is 58.3 cm³/mol. The minimum atomic E-state index is -0.730. The molecule has 88 valence electrons. The normalized spacial score (nSPS) is 12.1. The number of phenols is 1. The summed E-state index contributed by atoms with van der Waals surface area (Å²) in [5, 5.41) is 11.9. The summed E-state index contributed by atoms with van der Waals surface area (Å²) in [5.74, 6) is 4.75. The molecule has 0 spiro atoms. The SMILES string of the molecule is CCNC(NN)OC(=O)c1ccc(O)cc1. The zero-order chi connectivity index (χ0) is 12.0.